The van der Waals surface area contributed by atoms with Crippen LogP contribution in [-0.2, 0) is 38.0 Å². The Morgan fingerprint density at radius 2 is 1.79 bits per heavy atom. The van der Waals surface area contributed by atoms with Crippen LogP contribution in [0.2, 0.25) is 0 Å². The van der Waals surface area contributed by atoms with Gasteiger partial charge in [-0.2, -0.15) is 0 Å². The quantitative estimate of drug-likeness (QED) is 0.176. The first-order valence-electron chi connectivity index (χ1n) is 17.0. The van der Waals surface area contributed by atoms with Gasteiger partial charge in [0, 0.05) is 38.2 Å². The second-order valence-corrected chi connectivity index (χ2v) is 14.7. The second kappa shape index (κ2) is 15.4. The van der Waals surface area contributed by atoms with Crippen molar-refractivity contribution in [2.24, 2.45) is 29.1 Å². The van der Waals surface area contributed by atoms with E-state index in [2.05, 4.69) is 12.7 Å². The molecule has 0 radical (unpaired) electrons. The Morgan fingerprint density at radius 1 is 1.10 bits per heavy atom. The minimum Gasteiger partial charge on any atom is -0.465 e. The van der Waals surface area contributed by atoms with Crippen LogP contribution in [0.5, 0.6) is 0 Å². The molecule has 12 nitrogen and oxygen atoms in total. The van der Waals surface area contributed by atoms with Gasteiger partial charge in [0.05, 0.1) is 37.6 Å². The van der Waals surface area contributed by atoms with Crippen LogP contribution in [0.3, 0.4) is 0 Å². The molecule has 0 amide bonds. The highest BCUT2D eigenvalue weighted by atomic mass is 16.7. The van der Waals surface area contributed by atoms with Crippen molar-refractivity contribution >= 4 is 11.9 Å². The van der Waals surface area contributed by atoms with Crippen LogP contribution in [0.1, 0.15) is 67.7 Å². The highest BCUT2D eigenvalue weighted by Gasteiger charge is 2.56. The first kappa shape index (κ1) is 38.6. The molecule has 1 saturated carbocycles. The van der Waals surface area contributed by atoms with Crippen LogP contribution in [-0.4, -0.2) is 114 Å². The average molecular weight is 681 g/mol. The van der Waals surface area contributed by atoms with Crippen molar-refractivity contribution in [1.29, 1.82) is 0 Å². The molecule has 4 aliphatic rings. The Bertz CT molecular complexity index is 1240. The third-order valence-corrected chi connectivity index (χ3v) is 10.8. The van der Waals surface area contributed by atoms with Crippen molar-refractivity contribution < 1.29 is 58.4 Å². The molecule has 1 aliphatic heterocycles. The maximum absolute atomic E-state index is 12.3. The van der Waals surface area contributed by atoms with Crippen molar-refractivity contribution in [3.63, 3.8) is 0 Å². The predicted molar refractivity (Wildman–Crippen MR) is 174 cm³/mol. The number of aliphatic hydroxyl groups excluding tert-OH is 4. The Kier molecular flexibility index (Phi) is 12.4. The lowest BCUT2D eigenvalue weighted by Crippen LogP contribution is -2.62. The highest BCUT2D eigenvalue weighted by Crippen LogP contribution is 2.56. The van der Waals surface area contributed by atoms with Crippen LogP contribution >= 0.6 is 0 Å². The third kappa shape index (κ3) is 7.91. The van der Waals surface area contributed by atoms with Gasteiger partial charge in [-0.25, -0.2) is 0 Å². The summed E-state index contributed by atoms with van der Waals surface area (Å²) in [4.78, 5) is 23.8. The van der Waals surface area contributed by atoms with Gasteiger partial charge in [0.2, 0.25) is 0 Å². The zero-order chi connectivity index (χ0) is 35.7. The minimum absolute atomic E-state index is 0.0190. The van der Waals surface area contributed by atoms with Crippen LogP contribution < -0.4 is 0 Å². The lowest BCUT2D eigenvalue weighted by atomic mass is 9.68. The maximum atomic E-state index is 12.3. The standard InChI is InChI=1S/C36H56O12/c1-10-35(6,7)45-17-26-30(41)33(46-21(5)38)31(42)34(47-26)48-32-28-24(18(2)15-44-20(4)37)13-27(39)36(28,8)14-25-22(16-43-9)11-12-23(25)19(3)29(32)40/h10,14,18-19,22-23,26-27,29-34,39-42H,1,11-13,15-17H2,2-9H3/b25-14-/t18-,19-,22-,23+,26-,27+,29?,30?,31?,32-,33?,34-,36?/m1/s1. The number of ether oxygens (including phenoxy) is 6. The van der Waals surface area contributed by atoms with Gasteiger partial charge < -0.3 is 48.8 Å². The zero-order valence-electron chi connectivity index (χ0n) is 29.6. The number of aliphatic hydroxyl groups is 4. The maximum Gasteiger partial charge on any atom is 0.303 e. The lowest BCUT2D eigenvalue weighted by Gasteiger charge is -2.47. The monoisotopic (exact) mass is 680 g/mol. The fourth-order valence-corrected chi connectivity index (χ4v) is 7.88. The summed E-state index contributed by atoms with van der Waals surface area (Å²) in [5.74, 6) is -1.70. The molecule has 2 fully saturated rings. The number of rotatable bonds is 12. The van der Waals surface area contributed by atoms with Crippen LogP contribution in [0, 0.1) is 29.1 Å². The molecular weight excluding hydrogens is 624 g/mol. The van der Waals surface area contributed by atoms with Crippen LogP contribution in [0.4, 0.5) is 0 Å². The van der Waals surface area contributed by atoms with E-state index in [4.69, 9.17) is 28.4 Å². The fourth-order valence-electron chi connectivity index (χ4n) is 7.88. The summed E-state index contributed by atoms with van der Waals surface area (Å²) in [6, 6.07) is 0. The molecule has 0 aromatic heterocycles. The van der Waals surface area contributed by atoms with E-state index in [0.717, 1.165) is 24.0 Å². The van der Waals surface area contributed by atoms with E-state index in [1.807, 2.05) is 20.8 Å². The van der Waals surface area contributed by atoms with Gasteiger partial charge in [0.15, 0.2) is 12.4 Å². The van der Waals surface area contributed by atoms with E-state index in [9.17, 15) is 30.0 Å². The molecule has 4 rings (SSSR count). The summed E-state index contributed by atoms with van der Waals surface area (Å²) in [6.07, 6.45) is -4.54. The summed E-state index contributed by atoms with van der Waals surface area (Å²) in [5.41, 5.74) is 0.746. The summed E-state index contributed by atoms with van der Waals surface area (Å²) >= 11 is 0. The highest BCUT2D eigenvalue weighted by molar-refractivity contribution is 5.66. The SMILES string of the molecule is C=CC(C)(C)OC[C@H]1O[C@H](O[C@@H]2C3=C([C@H](C)COC(C)=O)C[C@H](O)C3(C)/C=C3/[C@@H](COC)CC[C@H]3[C@@H](C)C2O)C(O)C(OC(C)=O)C1O. The molecule has 13 atom stereocenters. The predicted octanol–water partition coefficient (Wildman–Crippen LogP) is 2.61. The molecule has 1 heterocycles. The lowest BCUT2D eigenvalue weighted by molar-refractivity contribution is -0.320. The molecule has 0 aromatic rings. The van der Waals surface area contributed by atoms with Crippen LogP contribution in [0.15, 0.2) is 35.5 Å². The number of hydrogen-bond donors (Lipinski definition) is 4. The summed E-state index contributed by atoms with van der Waals surface area (Å²) < 4.78 is 35.1. The summed E-state index contributed by atoms with van der Waals surface area (Å²) in [7, 11) is 1.66. The van der Waals surface area contributed by atoms with Crippen molar-refractivity contribution in [2.45, 2.75) is 122 Å². The van der Waals surface area contributed by atoms with E-state index in [0.29, 0.717) is 12.2 Å². The second-order valence-electron chi connectivity index (χ2n) is 14.7. The number of hydrogen-bond acceptors (Lipinski definition) is 12. The zero-order valence-corrected chi connectivity index (χ0v) is 29.6. The molecule has 5 unspecified atom stereocenters. The molecule has 48 heavy (non-hydrogen) atoms. The van der Waals surface area contributed by atoms with E-state index < -0.39 is 72.0 Å². The molecular formula is C36H56O12. The van der Waals surface area contributed by atoms with E-state index >= 15 is 0 Å². The molecule has 12 heteroatoms. The van der Waals surface area contributed by atoms with Gasteiger partial charge >= 0.3 is 11.9 Å². The van der Waals surface area contributed by atoms with Crippen molar-refractivity contribution in [1.82, 2.24) is 0 Å². The number of carbonyl (C=O) groups excluding carboxylic acids is 2. The summed E-state index contributed by atoms with van der Waals surface area (Å²) in [5, 5.41) is 46.7. The van der Waals surface area contributed by atoms with Gasteiger partial charge in [-0.1, -0.05) is 37.1 Å². The first-order chi connectivity index (χ1) is 22.4. The van der Waals surface area contributed by atoms with Gasteiger partial charge in [-0.3, -0.25) is 9.59 Å². The topological polar surface area (TPSA) is 170 Å². The van der Waals surface area contributed by atoms with E-state index in [1.54, 1.807) is 27.0 Å². The van der Waals surface area contributed by atoms with Gasteiger partial charge in [-0.05, 0) is 57.4 Å². The third-order valence-electron chi connectivity index (χ3n) is 10.8. The largest absolute Gasteiger partial charge is 0.465 e. The molecule has 0 aromatic carbocycles. The minimum atomic E-state index is -1.63. The van der Waals surface area contributed by atoms with Crippen LogP contribution in [0.25, 0.3) is 0 Å². The van der Waals surface area contributed by atoms with Crippen molar-refractivity contribution in [2.75, 3.05) is 26.9 Å². The first-order valence-corrected chi connectivity index (χ1v) is 17.0. The molecule has 3 aliphatic carbocycles. The van der Waals surface area contributed by atoms with Crippen molar-refractivity contribution in [3.8, 4) is 0 Å². The Morgan fingerprint density at radius 3 is 2.40 bits per heavy atom. The number of esters is 2. The molecule has 1 saturated heterocycles. The number of methoxy groups -OCH3 is 1. The Hall–Kier alpha value is -2.16. The fraction of sp³-hybridized carbons (Fsp3) is 0.778. The molecule has 272 valence electrons. The number of carbonyl (C=O) groups is 2. The van der Waals surface area contributed by atoms with Gasteiger partial charge in [0.25, 0.3) is 0 Å². The van der Waals surface area contributed by atoms with Gasteiger partial charge in [0.1, 0.15) is 24.4 Å². The summed E-state index contributed by atoms with van der Waals surface area (Å²) in [6.45, 7) is 16.0. The Balaban J connectivity index is 1.82. The van der Waals surface area contributed by atoms with Gasteiger partial charge in [-0.15, -0.1) is 6.58 Å². The van der Waals surface area contributed by atoms with Crippen molar-refractivity contribution in [3.05, 3.63) is 35.5 Å². The van der Waals surface area contributed by atoms with E-state index in [-0.39, 0.29) is 43.3 Å². The smallest absolute Gasteiger partial charge is 0.303 e. The molecule has 0 spiro atoms. The molecule has 4 N–H and O–H groups in total. The number of fused-ring (bicyclic) bond motifs is 2. The Labute approximate surface area is 284 Å². The average Bonchev–Trinajstić information content (AvgIpc) is 3.52. The molecule has 0 bridgehead atoms. The normalized spacial score (nSPS) is 40.2. The van der Waals surface area contributed by atoms with E-state index in [1.165, 1.54) is 13.8 Å².